The average Bonchev–Trinajstić information content (AvgIpc) is 2.38. The minimum Gasteiger partial charge on any atom is -0.334 e. The Morgan fingerprint density at radius 2 is 1.95 bits per heavy atom. The van der Waals surface area contributed by atoms with Gasteiger partial charge in [0.2, 0.25) is 11.1 Å². The number of aromatic nitrogens is 2. The molecule has 0 fully saturated rings. The maximum atomic E-state index is 11.1. The van der Waals surface area contributed by atoms with Crippen LogP contribution >= 0.6 is 23.4 Å². The molecule has 2 aromatic rings. The lowest BCUT2D eigenvalue weighted by Crippen LogP contribution is -2.04. The maximum Gasteiger partial charge on any atom is 0.332 e. The van der Waals surface area contributed by atoms with Crippen molar-refractivity contribution in [2.24, 2.45) is 0 Å². The van der Waals surface area contributed by atoms with Crippen LogP contribution in [0.4, 0.5) is 17.2 Å². The van der Waals surface area contributed by atoms with E-state index in [0.29, 0.717) is 5.69 Å². The fourth-order valence-electron chi connectivity index (χ4n) is 1.65. The van der Waals surface area contributed by atoms with E-state index < -0.39 is 4.92 Å². The second kappa shape index (κ2) is 6.06. The first-order valence-electron chi connectivity index (χ1n) is 5.61. The third kappa shape index (κ3) is 3.17. The molecule has 0 radical (unpaired) electrons. The van der Waals surface area contributed by atoms with E-state index >= 15 is 0 Å². The molecule has 0 aliphatic carbocycles. The molecule has 1 heterocycles. The topological polar surface area (TPSA) is 81.0 Å². The summed E-state index contributed by atoms with van der Waals surface area (Å²) in [6.45, 7) is 1.52. The van der Waals surface area contributed by atoms with Gasteiger partial charge in [-0.15, -0.1) is 11.8 Å². The molecule has 0 atom stereocenters. The molecule has 1 aromatic carbocycles. The molecule has 0 saturated heterocycles. The summed E-state index contributed by atoms with van der Waals surface area (Å²) in [4.78, 5) is 19.3. The van der Waals surface area contributed by atoms with E-state index in [2.05, 4.69) is 15.3 Å². The highest BCUT2D eigenvalue weighted by Crippen LogP contribution is 2.29. The Morgan fingerprint density at radius 1 is 1.30 bits per heavy atom. The van der Waals surface area contributed by atoms with E-state index in [9.17, 15) is 10.1 Å². The van der Waals surface area contributed by atoms with E-state index in [1.54, 1.807) is 11.8 Å². The van der Waals surface area contributed by atoms with Crippen LogP contribution in [0.1, 0.15) is 5.69 Å². The summed E-state index contributed by atoms with van der Waals surface area (Å²) in [6, 6.07) is 7.46. The zero-order valence-corrected chi connectivity index (χ0v) is 12.3. The van der Waals surface area contributed by atoms with Gasteiger partial charge >= 0.3 is 5.69 Å². The van der Waals surface area contributed by atoms with Crippen LogP contribution in [0.3, 0.4) is 0 Å². The number of rotatable bonds is 4. The lowest BCUT2D eigenvalue weighted by Gasteiger charge is -2.08. The largest absolute Gasteiger partial charge is 0.334 e. The predicted octanol–water partition coefficient (Wildman–Crippen LogP) is 3.81. The first-order chi connectivity index (χ1) is 9.51. The van der Waals surface area contributed by atoms with Crippen LogP contribution in [0, 0.1) is 17.0 Å². The van der Waals surface area contributed by atoms with E-state index in [1.165, 1.54) is 6.92 Å². The first-order valence-corrected chi connectivity index (χ1v) is 7.21. The van der Waals surface area contributed by atoms with Gasteiger partial charge in [0.05, 0.1) is 4.92 Å². The minimum absolute atomic E-state index is 0.0312. The number of benzene rings is 1. The molecule has 0 amide bonds. The molecule has 20 heavy (non-hydrogen) atoms. The van der Waals surface area contributed by atoms with Crippen LogP contribution in [0.2, 0.25) is 5.28 Å². The number of anilines is 2. The van der Waals surface area contributed by atoms with E-state index in [0.717, 1.165) is 4.90 Å². The molecule has 0 aliphatic heterocycles. The summed E-state index contributed by atoms with van der Waals surface area (Å²) >= 11 is 7.37. The smallest absolute Gasteiger partial charge is 0.332 e. The molecule has 104 valence electrons. The number of aryl methyl sites for hydroxylation is 1. The maximum absolute atomic E-state index is 11.1. The van der Waals surface area contributed by atoms with Gasteiger partial charge in [0.1, 0.15) is 5.69 Å². The third-order valence-electron chi connectivity index (χ3n) is 2.57. The predicted molar refractivity (Wildman–Crippen MR) is 79.9 cm³/mol. The van der Waals surface area contributed by atoms with Gasteiger partial charge in [-0.2, -0.15) is 4.98 Å². The Morgan fingerprint density at radius 3 is 2.50 bits per heavy atom. The summed E-state index contributed by atoms with van der Waals surface area (Å²) in [5, 5.41) is 14.0. The van der Waals surface area contributed by atoms with Gasteiger partial charge in [-0.05, 0) is 49.0 Å². The standard InChI is InChI=1S/C12H11ClN4O2S/c1-7-10(17(18)19)11(16-12(13)14-7)15-8-3-5-9(20-2)6-4-8/h3-6H,1-2H3,(H,14,15,16). The number of thioether (sulfide) groups is 1. The zero-order valence-electron chi connectivity index (χ0n) is 10.8. The fraction of sp³-hybridized carbons (Fsp3) is 0.167. The average molecular weight is 311 g/mol. The molecule has 0 aliphatic rings. The highest BCUT2D eigenvalue weighted by molar-refractivity contribution is 7.98. The number of nitrogens with one attached hydrogen (secondary N) is 1. The molecule has 8 heteroatoms. The van der Waals surface area contributed by atoms with Crippen molar-refractivity contribution >= 4 is 40.6 Å². The molecule has 0 saturated carbocycles. The van der Waals surface area contributed by atoms with Crippen molar-refractivity contribution in [1.29, 1.82) is 0 Å². The first kappa shape index (κ1) is 14.5. The van der Waals surface area contributed by atoms with Crippen LogP contribution in [0.5, 0.6) is 0 Å². The van der Waals surface area contributed by atoms with E-state index in [4.69, 9.17) is 11.6 Å². The Balaban J connectivity index is 2.39. The lowest BCUT2D eigenvalue weighted by atomic mass is 10.3. The van der Waals surface area contributed by atoms with Gasteiger partial charge in [0.15, 0.2) is 0 Å². The molecule has 0 bridgehead atoms. The Kier molecular flexibility index (Phi) is 4.41. The molecular formula is C12H11ClN4O2S. The summed E-state index contributed by atoms with van der Waals surface area (Å²) in [6.07, 6.45) is 1.97. The molecule has 6 nitrogen and oxygen atoms in total. The second-order valence-electron chi connectivity index (χ2n) is 3.89. The summed E-state index contributed by atoms with van der Waals surface area (Å²) < 4.78 is 0. The van der Waals surface area contributed by atoms with Crippen molar-refractivity contribution in [3.8, 4) is 0 Å². The summed E-state index contributed by atoms with van der Waals surface area (Å²) in [5.74, 6) is 0.0874. The third-order valence-corrected chi connectivity index (χ3v) is 3.48. The molecule has 0 unspecified atom stereocenters. The highest BCUT2D eigenvalue weighted by Gasteiger charge is 2.21. The van der Waals surface area contributed by atoms with Gasteiger partial charge in [0, 0.05) is 10.6 Å². The van der Waals surface area contributed by atoms with Crippen LogP contribution in [-0.4, -0.2) is 21.1 Å². The van der Waals surface area contributed by atoms with Crippen LogP contribution < -0.4 is 5.32 Å². The van der Waals surface area contributed by atoms with Crippen molar-refractivity contribution in [3.63, 3.8) is 0 Å². The Hall–Kier alpha value is -1.86. The molecule has 0 spiro atoms. The minimum atomic E-state index is -0.524. The van der Waals surface area contributed by atoms with Crippen molar-refractivity contribution in [2.75, 3.05) is 11.6 Å². The van der Waals surface area contributed by atoms with Gasteiger partial charge in [-0.3, -0.25) is 10.1 Å². The monoisotopic (exact) mass is 310 g/mol. The van der Waals surface area contributed by atoms with Crippen molar-refractivity contribution in [3.05, 3.63) is 45.4 Å². The molecule has 1 aromatic heterocycles. The molecular weight excluding hydrogens is 300 g/mol. The van der Waals surface area contributed by atoms with Gasteiger partial charge in [-0.1, -0.05) is 0 Å². The van der Waals surface area contributed by atoms with Crippen LogP contribution in [-0.2, 0) is 0 Å². The van der Waals surface area contributed by atoms with Crippen molar-refractivity contribution in [1.82, 2.24) is 9.97 Å². The van der Waals surface area contributed by atoms with E-state index in [1.807, 2.05) is 30.5 Å². The van der Waals surface area contributed by atoms with Crippen LogP contribution in [0.15, 0.2) is 29.2 Å². The van der Waals surface area contributed by atoms with Gasteiger partial charge in [-0.25, -0.2) is 4.98 Å². The summed E-state index contributed by atoms with van der Waals surface area (Å²) in [7, 11) is 0. The van der Waals surface area contributed by atoms with Gasteiger partial charge in [0.25, 0.3) is 0 Å². The normalized spacial score (nSPS) is 10.3. The number of halogens is 1. The van der Waals surface area contributed by atoms with Gasteiger partial charge < -0.3 is 5.32 Å². The van der Waals surface area contributed by atoms with Crippen molar-refractivity contribution in [2.45, 2.75) is 11.8 Å². The Labute approximate surface area is 124 Å². The second-order valence-corrected chi connectivity index (χ2v) is 5.10. The SMILES string of the molecule is CSc1ccc(Nc2nc(Cl)nc(C)c2[N+](=O)[O-])cc1. The van der Waals surface area contributed by atoms with E-state index in [-0.39, 0.29) is 22.5 Å². The van der Waals surface area contributed by atoms with Crippen LogP contribution in [0.25, 0.3) is 0 Å². The quantitative estimate of drug-likeness (QED) is 0.400. The fourth-order valence-corrected chi connectivity index (χ4v) is 2.27. The Bertz CT molecular complexity index is 649. The highest BCUT2D eigenvalue weighted by atomic mass is 35.5. The zero-order chi connectivity index (χ0) is 14.7. The lowest BCUT2D eigenvalue weighted by molar-refractivity contribution is -0.385. The van der Waals surface area contributed by atoms with Crippen molar-refractivity contribution < 1.29 is 4.92 Å². The number of nitro groups is 1. The number of nitrogens with zero attached hydrogens (tertiary/aromatic N) is 3. The number of hydrogen-bond acceptors (Lipinski definition) is 6. The molecule has 1 N–H and O–H groups in total. The number of hydrogen-bond donors (Lipinski definition) is 1. The molecule has 2 rings (SSSR count). The summed E-state index contributed by atoms with van der Waals surface area (Å²) in [5.41, 5.74) is 0.738.